The normalized spacial score (nSPS) is 13.0. The molecule has 1 aromatic rings. The van der Waals surface area contributed by atoms with Gasteiger partial charge in [0.2, 0.25) is 17.7 Å². The molecule has 0 aliphatic heterocycles. The highest BCUT2D eigenvalue weighted by Gasteiger charge is 2.27. The zero-order valence-corrected chi connectivity index (χ0v) is 35.5. The molecule has 0 heterocycles. The fourth-order valence-electron chi connectivity index (χ4n) is 5.51. The van der Waals surface area contributed by atoms with E-state index in [0.717, 1.165) is 12.8 Å². The quantitative estimate of drug-likeness (QED) is 0.109. The van der Waals surface area contributed by atoms with E-state index in [9.17, 15) is 28.8 Å². The Morgan fingerprint density at radius 2 is 1.23 bits per heavy atom. The molecule has 1 rings (SSSR count). The summed E-state index contributed by atoms with van der Waals surface area (Å²) in [4.78, 5) is 73.1. The summed E-state index contributed by atoms with van der Waals surface area (Å²) >= 11 is 0. The van der Waals surface area contributed by atoms with Crippen molar-refractivity contribution in [3.8, 4) is 0 Å². The van der Waals surface area contributed by atoms with Crippen molar-refractivity contribution < 1.29 is 33.5 Å². The molecular formula is C42H72N4O7. The highest BCUT2D eigenvalue weighted by Crippen LogP contribution is 2.24. The number of ketones is 2. The van der Waals surface area contributed by atoms with Crippen LogP contribution in [0.5, 0.6) is 0 Å². The smallest absolute Gasteiger partial charge is 0.251 e. The monoisotopic (exact) mass is 745 g/mol. The summed E-state index contributed by atoms with van der Waals surface area (Å²) in [5.41, 5.74) is 0.376. The summed E-state index contributed by atoms with van der Waals surface area (Å²) in [7, 11) is 0. The van der Waals surface area contributed by atoms with Gasteiger partial charge in [-0.3, -0.25) is 28.8 Å². The Morgan fingerprint density at radius 3 is 1.66 bits per heavy atom. The van der Waals surface area contributed by atoms with E-state index in [1.54, 1.807) is 52.0 Å². The van der Waals surface area contributed by atoms with Crippen molar-refractivity contribution in [2.24, 2.45) is 29.6 Å². The standard InChI is InChI=1S/C28H46N2O4.C14H26N2O3/c1-19(2)16-23(17-20(3)4)25(32)21-10-12-22(13-11-21)26(33)29-18-24(31)30-28(8,9)14-15-34-27(5,6)7;1-7-11(17)16-12(8(2)3)14(19)15-10(6)13(18)9(4)5/h10-13,19-20,23H,14-18H2,1-9H3,(H,29,33)(H,30,31);8-10,12H,7H2,1-6H3,(H,15,19)(H,16,17)/t;10-,12?/m.0/s1. The van der Waals surface area contributed by atoms with E-state index in [-0.39, 0.29) is 65.1 Å². The van der Waals surface area contributed by atoms with Crippen LogP contribution in [0.25, 0.3) is 0 Å². The summed E-state index contributed by atoms with van der Waals surface area (Å²) < 4.78 is 5.74. The van der Waals surface area contributed by atoms with E-state index in [1.165, 1.54) is 0 Å². The largest absolute Gasteiger partial charge is 0.376 e. The third-order valence-corrected chi connectivity index (χ3v) is 8.41. The second-order valence-electron chi connectivity index (χ2n) is 17.2. The van der Waals surface area contributed by atoms with Gasteiger partial charge in [0.25, 0.3) is 5.91 Å². The molecule has 4 amide bonds. The van der Waals surface area contributed by atoms with Crippen molar-refractivity contribution in [2.75, 3.05) is 13.2 Å². The van der Waals surface area contributed by atoms with Crippen LogP contribution in [0.4, 0.5) is 0 Å². The van der Waals surface area contributed by atoms with Crippen LogP contribution in [0, 0.1) is 29.6 Å². The molecule has 0 aliphatic carbocycles. The number of carbonyl (C=O) groups is 6. The molecule has 0 fully saturated rings. The van der Waals surface area contributed by atoms with Crippen LogP contribution in [0.1, 0.15) is 150 Å². The number of amides is 4. The van der Waals surface area contributed by atoms with E-state index >= 15 is 0 Å². The van der Waals surface area contributed by atoms with Gasteiger partial charge in [-0.1, -0.05) is 74.4 Å². The van der Waals surface area contributed by atoms with Crippen molar-refractivity contribution >= 4 is 35.2 Å². The highest BCUT2D eigenvalue weighted by molar-refractivity contribution is 6.00. The van der Waals surface area contributed by atoms with Crippen molar-refractivity contribution in [1.82, 2.24) is 21.3 Å². The topological polar surface area (TPSA) is 160 Å². The van der Waals surface area contributed by atoms with Crippen LogP contribution in [0.15, 0.2) is 24.3 Å². The molecule has 1 aromatic carbocycles. The lowest BCUT2D eigenvalue weighted by atomic mass is 9.84. The lowest BCUT2D eigenvalue weighted by Gasteiger charge is -2.28. The Hall–Kier alpha value is -3.60. The number of rotatable bonds is 20. The Labute approximate surface area is 320 Å². The summed E-state index contributed by atoms with van der Waals surface area (Å²) in [6.45, 7) is 29.5. The first-order chi connectivity index (χ1) is 24.3. The zero-order valence-electron chi connectivity index (χ0n) is 35.5. The molecule has 0 aromatic heterocycles. The Kier molecular flexibility index (Phi) is 21.7. The number of hydrogen-bond donors (Lipinski definition) is 4. The lowest BCUT2D eigenvalue weighted by Crippen LogP contribution is -2.53. The maximum atomic E-state index is 13.0. The molecule has 1 unspecified atom stereocenters. The van der Waals surface area contributed by atoms with Gasteiger partial charge in [0, 0.05) is 41.5 Å². The van der Waals surface area contributed by atoms with Crippen molar-refractivity contribution in [3.05, 3.63) is 35.4 Å². The van der Waals surface area contributed by atoms with Crippen molar-refractivity contribution in [3.63, 3.8) is 0 Å². The molecule has 0 bridgehead atoms. The summed E-state index contributed by atoms with van der Waals surface area (Å²) in [6, 6.07) is 5.58. The average molecular weight is 745 g/mol. The van der Waals surface area contributed by atoms with Gasteiger partial charge in [-0.2, -0.15) is 0 Å². The van der Waals surface area contributed by atoms with Crippen LogP contribution >= 0.6 is 0 Å². The minimum atomic E-state index is -0.602. The molecule has 0 aliphatic rings. The molecule has 2 atom stereocenters. The molecule has 11 heteroatoms. The Bertz CT molecular complexity index is 1320. The predicted octanol–water partition coefficient (Wildman–Crippen LogP) is 6.67. The number of nitrogens with one attached hydrogen (secondary N) is 4. The molecule has 0 saturated heterocycles. The third-order valence-electron chi connectivity index (χ3n) is 8.41. The van der Waals surface area contributed by atoms with E-state index in [0.29, 0.717) is 42.4 Å². The molecule has 302 valence electrons. The van der Waals surface area contributed by atoms with E-state index in [1.807, 2.05) is 48.5 Å². The van der Waals surface area contributed by atoms with Crippen LogP contribution in [-0.2, 0) is 23.9 Å². The van der Waals surface area contributed by atoms with Gasteiger partial charge in [-0.25, -0.2) is 0 Å². The predicted molar refractivity (Wildman–Crippen MR) is 213 cm³/mol. The van der Waals surface area contributed by atoms with Gasteiger partial charge < -0.3 is 26.0 Å². The molecule has 0 radical (unpaired) electrons. The van der Waals surface area contributed by atoms with Gasteiger partial charge in [-0.05, 0) is 90.7 Å². The van der Waals surface area contributed by atoms with Crippen molar-refractivity contribution in [1.29, 1.82) is 0 Å². The zero-order chi connectivity index (χ0) is 41.3. The first-order valence-corrected chi connectivity index (χ1v) is 19.3. The fraction of sp³-hybridized carbons (Fsp3) is 0.714. The average Bonchev–Trinajstić information content (AvgIpc) is 3.03. The highest BCUT2D eigenvalue weighted by atomic mass is 16.5. The maximum absolute atomic E-state index is 13.0. The Balaban J connectivity index is 0.00000121. The number of benzene rings is 1. The molecule has 0 saturated carbocycles. The summed E-state index contributed by atoms with van der Waals surface area (Å²) in [5.74, 6) is -0.246. The van der Waals surface area contributed by atoms with Gasteiger partial charge in [0.15, 0.2) is 11.6 Å². The molecule has 11 nitrogen and oxygen atoms in total. The Morgan fingerprint density at radius 1 is 0.717 bits per heavy atom. The third kappa shape index (κ3) is 21.0. The van der Waals surface area contributed by atoms with Crippen LogP contribution in [-0.4, -0.2) is 71.6 Å². The molecule has 53 heavy (non-hydrogen) atoms. The minimum absolute atomic E-state index is 0.0134. The number of ether oxygens (including phenoxy) is 1. The van der Waals surface area contributed by atoms with Gasteiger partial charge >= 0.3 is 0 Å². The second-order valence-corrected chi connectivity index (χ2v) is 17.2. The van der Waals surface area contributed by atoms with Crippen LogP contribution < -0.4 is 21.3 Å². The fourth-order valence-corrected chi connectivity index (χ4v) is 5.51. The SMILES string of the molecule is CC(C)CC(CC(C)C)C(=O)c1ccc(C(=O)NCC(=O)NC(C)(C)CCOC(C)(C)C)cc1.CCC(=O)NC(C(=O)N[C@@H](C)C(=O)C(C)C)C(C)C. The maximum Gasteiger partial charge on any atom is 0.251 e. The van der Waals surface area contributed by atoms with Crippen molar-refractivity contribution in [2.45, 2.75) is 153 Å². The van der Waals surface area contributed by atoms with E-state index < -0.39 is 17.6 Å². The first kappa shape index (κ1) is 49.4. The van der Waals surface area contributed by atoms with Crippen LogP contribution in [0.3, 0.4) is 0 Å². The number of carbonyl (C=O) groups excluding carboxylic acids is 6. The van der Waals surface area contributed by atoms with E-state index in [2.05, 4.69) is 49.0 Å². The minimum Gasteiger partial charge on any atom is -0.376 e. The number of Topliss-reactive ketones (excluding diaryl/α,β-unsaturated/α-hetero) is 2. The summed E-state index contributed by atoms with van der Waals surface area (Å²) in [5, 5.41) is 10.9. The second kappa shape index (κ2) is 23.2. The van der Waals surface area contributed by atoms with Gasteiger partial charge in [-0.15, -0.1) is 0 Å². The number of hydrogen-bond acceptors (Lipinski definition) is 7. The lowest BCUT2D eigenvalue weighted by molar-refractivity contribution is -0.132. The molecular weight excluding hydrogens is 672 g/mol. The van der Waals surface area contributed by atoms with E-state index in [4.69, 9.17) is 4.74 Å². The van der Waals surface area contributed by atoms with Gasteiger partial charge in [0.05, 0.1) is 18.2 Å². The summed E-state index contributed by atoms with van der Waals surface area (Å²) in [6.07, 6.45) is 2.70. The molecule has 0 spiro atoms. The first-order valence-electron chi connectivity index (χ1n) is 19.3. The van der Waals surface area contributed by atoms with Gasteiger partial charge in [0.1, 0.15) is 6.04 Å². The molecule has 4 N–H and O–H groups in total. The van der Waals surface area contributed by atoms with Crippen LogP contribution in [0.2, 0.25) is 0 Å².